The van der Waals surface area contributed by atoms with Crippen molar-refractivity contribution in [2.24, 2.45) is 23.3 Å². The summed E-state index contributed by atoms with van der Waals surface area (Å²) in [6.07, 6.45) is -5.56. The predicted molar refractivity (Wildman–Crippen MR) is 236 cm³/mol. The molecule has 0 aromatic carbocycles. The number of esters is 2. The van der Waals surface area contributed by atoms with E-state index in [1.807, 2.05) is 0 Å². The van der Waals surface area contributed by atoms with Gasteiger partial charge >= 0.3 is 24.1 Å². The average Bonchev–Trinajstić information content (AvgIpc) is 3.81. The molecule has 0 aliphatic carbocycles. The van der Waals surface area contributed by atoms with E-state index in [1.54, 1.807) is 83.1 Å². The molecule has 4 amide bonds. The Morgan fingerprint density at radius 2 is 1.07 bits per heavy atom. The minimum Gasteiger partial charge on any atom is -0.461 e. The number of aliphatic hydroxyl groups is 2. The third-order valence-corrected chi connectivity index (χ3v) is 10.2. The van der Waals surface area contributed by atoms with E-state index < -0.39 is 143 Å². The van der Waals surface area contributed by atoms with Crippen LogP contribution in [0.15, 0.2) is 34.4 Å². The third kappa shape index (κ3) is 14.5. The zero-order chi connectivity index (χ0) is 52.1. The molecular weight excluding hydrogens is 917 g/mol. The summed E-state index contributed by atoms with van der Waals surface area (Å²) in [6, 6.07) is -2.01. The topological polar surface area (TPSA) is 363 Å². The van der Waals surface area contributed by atoms with Crippen LogP contribution in [0.2, 0.25) is 0 Å². The minimum absolute atomic E-state index is 0.238. The number of ether oxygens (including phenoxy) is 8. The molecule has 0 spiro atoms. The van der Waals surface area contributed by atoms with Crippen LogP contribution in [0, 0.1) is 11.8 Å². The quantitative estimate of drug-likeness (QED) is 0.106. The van der Waals surface area contributed by atoms with Gasteiger partial charge in [-0.15, -0.1) is 0 Å². The summed E-state index contributed by atoms with van der Waals surface area (Å²) in [7, 11) is 0. The molecule has 0 radical (unpaired) electrons. The molecule has 2 aromatic heterocycles. The van der Waals surface area contributed by atoms with Gasteiger partial charge in [0.25, 0.3) is 22.9 Å². The van der Waals surface area contributed by atoms with Crippen LogP contribution in [-0.2, 0) is 47.5 Å². The van der Waals surface area contributed by atoms with Crippen LogP contribution >= 0.6 is 0 Å². The van der Waals surface area contributed by atoms with E-state index >= 15 is 0 Å². The van der Waals surface area contributed by atoms with Gasteiger partial charge in [-0.3, -0.25) is 28.3 Å². The number of fused-ring (bicyclic) bond motifs is 1. The fourth-order valence-corrected chi connectivity index (χ4v) is 7.08. The number of aliphatic hydroxyl groups excluding tert-OH is 2. The Kier molecular flexibility index (Phi) is 17.8. The van der Waals surface area contributed by atoms with Crippen molar-refractivity contribution in [3.05, 3.63) is 56.9 Å². The lowest BCUT2D eigenvalue weighted by Gasteiger charge is -2.26. The number of primary amides is 2. The highest BCUT2D eigenvalue weighted by molar-refractivity contribution is 5.90. The number of carbonyl (C=O) groups is 6. The number of carbonyl (C=O) groups excluding carboxylic acids is 6. The summed E-state index contributed by atoms with van der Waals surface area (Å²) in [5.74, 6) is -5.17. The Morgan fingerprint density at radius 3 is 1.48 bits per heavy atom. The van der Waals surface area contributed by atoms with Crippen LogP contribution in [0.3, 0.4) is 0 Å². The van der Waals surface area contributed by atoms with Crippen molar-refractivity contribution in [3.63, 3.8) is 0 Å². The lowest BCUT2D eigenvalue weighted by Crippen LogP contribution is -2.48. The van der Waals surface area contributed by atoms with Crippen molar-refractivity contribution < 1.29 is 76.9 Å². The second-order valence-corrected chi connectivity index (χ2v) is 19.4. The Hall–Kier alpha value is -6.06. The largest absolute Gasteiger partial charge is 0.461 e. The molecule has 26 heteroatoms. The van der Waals surface area contributed by atoms with Crippen LogP contribution in [-0.4, -0.2) is 144 Å². The first-order chi connectivity index (χ1) is 31.8. The highest BCUT2D eigenvalue weighted by Crippen LogP contribution is 2.42. The number of hydrogen-bond acceptors (Lipinski definition) is 20. The Bertz CT molecular complexity index is 2320. The van der Waals surface area contributed by atoms with E-state index in [2.05, 4.69) is 20.6 Å². The summed E-state index contributed by atoms with van der Waals surface area (Å²) in [4.78, 5) is 105. The number of rotatable bonds is 14. The molecule has 0 unspecified atom stereocenters. The maximum atomic E-state index is 12.9. The van der Waals surface area contributed by atoms with Crippen LogP contribution in [0.4, 0.5) is 9.59 Å². The standard InChI is InChI=1S/C23H34N4O9.C20H30N4O9/c1-11(2)13(26-21(31)36-22(3,4)5)20(30)32-10-12-15-16(35-23(6,7)34-15)19(33-12)27-9-8-25-14(17(24)28)18(27)29;1-9(2)11(23-19(30)33-20(3,4)5)18(29)31-8-10-13(25)14(26)17(32-10)24-7-6-22-12(15(21)27)16(24)28/h8-9,11-13,15-16,19H,10H2,1-7H3,(H2,24,28)(H,26,31);6-7,9-11,13-14,17,25-26H,8H2,1-5H3,(H2,21,27)(H,23,30)/t12-,13+,15-,16-,19-;10-,11+,13-,14-,17-/m11/s1. The van der Waals surface area contributed by atoms with Gasteiger partial charge < -0.3 is 70.2 Å². The molecular formula is C43H64N8O18. The van der Waals surface area contributed by atoms with Gasteiger partial charge in [-0.2, -0.15) is 0 Å². The number of aromatic nitrogens is 4. The highest BCUT2D eigenvalue weighted by Gasteiger charge is 2.56. The molecule has 10 atom stereocenters. The van der Waals surface area contributed by atoms with Crippen molar-refractivity contribution in [2.45, 2.75) is 161 Å². The zero-order valence-corrected chi connectivity index (χ0v) is 40.5. The van der Waals surface area contributed by atoms with Gasteiger partial charge in [0.2, 0.25) is 0 Å². The number of amides is 4. The highest BCUT2D eigenvalue weighted by atomic mass is 16.8. The molecule has 5 heterocycles. The van der Waals surface area contributed by atoms with Crippen molar-refractivity contribution in [3.8, 4) is 0 Å². The van der Waals surface area contributed by atoms with Gasteiger partial charge in [-0.25, -0.2) is 29.1 Å². The SMILES string of the molecule is CC(C)[C@H](NC(=O)OC(C)(C)C)C(=O)OC[C@H]1O[C@@H](n2ccnc(C(N)=O)c2=O)[C@@H]2OC(C)(C)O[C@@H]21.CC(C)[C@H](NC(=O)OC(C)(C)C)C(=O)OC[C@H]1O[C@@H](n2ccnc(C(N)=O)c2=O)[C@H](O)[C@@H]1O. The van der Waals surface area contributed by atoms with E-state index in [4.69, 9.17) is 49.4 Å². The number of alkyl carbamates (subject to hydrolysis) is 2. The predicted octanol–water partition coefficient (Wildman–Crippen LogP) is -0.0939. The van der Waals surface area contributed by atoms with Gasteiger partial charge in [0, 0.05) is 24.8 Å². The van der Waals surface area contributed by atoms with E-state index in [-0.39, 0.29) is 18.4 Å². The summed E-state index contributed by atoms with van der Waals surface area (Å²) >= 11 is 0. The maximum absolute atomic E-state index is 12.9. The average molecular weight is 981 g/mol. The minimum atomic E-state index is -1.57. The molecule has 5 rings (SSSR count). The monoisotopic (exact) mass is 980 g/mol. The van der Waals surface area contributed by atoms with Crippen molar-refractivity contribution in [2.75, 3.05) is 13.2 Å². The summed E-state index contributed by atoms with van der Waals surface area (Å²) in [5.41, 5.74) is 6.19. The van der Waals surface area contributed by atoms with Gasteiger partial charge in [0.1, 0.15) is 73.1 Å². The molecule has 3 fully saturated rings. The maximum Gasteiger partial charge on any atom is 0.408 e. The first-order valence-electron chi connectivity index (χ1n) is 21.9. The lowest BCUT2D eigenvalue weighted by molar-refractivity contribution is -0.203. The number of nitrogens with one attached hydrogen (secondary N) is 2. The van der Waals surface area contributed by atoms with Gasteiger partial charge in [0.05, 0.1) is 0 Å². The number of nitrogens with zero attached hydrogens (tertiary/aromatic N) is 4. The first kappa shape index (κ1) is 55.5. The van der Waals surface area contributed by atoms with E-state index in [0.717, 1.165) is 21.5 Å². The van der Waals surface area contributed by atoms with Crippen LogP contribution in [0.5, 0.6) is 0 Å². The molecule has 3 aliphatic heterocycles. The smallest absolute Gasteiger partial charge is 0.408 e. The molecule has 0 bridgehead atoms. The van der Waals surface area contributed by atoms with Crippen molar-refractivity contribution in [1.29, 1.82) is 0 Å². The van der Waals surface area contributed by atoms with Crippen molar-refractivity contribution >= 4 is 35.9 Å². The Morgan fingerprint density at radius 1 is 0.681 bits per heavy atom. The zero-order valence-electron chi connectivity index (χ0n) is 40.5. The van der Waals surface area contributed by atoms with E-state index in [0.29, 0.717) is 0 Å². The van der Waals surface area contributed by atoms with Crippen LogP contribution < -0.4 is 33.2 Å². The number of nitrogens with two attached hydrogens (primary N) is 2. The van der Waals surface area contributed by atoms with Gasteiger partial charge in [-0.1, -0.05) is 27.7 Å². The molecule has 384 valence electrons. The molecule has 3 saturated heterocycles. The van der Waals surface area contributed by atoms with E-state index in [1.165, 1.54) is 12.4 Å². The summed E-state index contributed by atoms with van der Waals surface area (Å²) in [6.45, 7) is 19.8. The van der Waals surface area contributed by atoms with Crippen LogP contribution in [0.1, 0.15) is 117 Å². The van der Waals surface area contributed by atoms with Crippen molar-refractivity contribution in [1.82, 2.24) is 29.7 Å². The second-order valence-electron chi connectivity index (χ2n) is 19.4. The fraction of sp³-hybridized carbons (Fsp3) is 0.674. The molecule has 8 N–H and O–H groups in total. The fourth-order valence-electron chi connectivity index (χ4n) is 7.08. The normalized spacial score (nSPS) is 24.8. The summed E-state index contributed by atoms with van der Waals surface area (Å²) < 4.78 is 46.5. The lowest BCUT2D eigenvalue weighted by atomic mass is 10.1. The molecule has 2 aromatic rings. The van der Waals surface area contributed by atoms with Crippen LogP contribution in [0.25, 0.3) is 0 Å². The van der Waals surface area contributed by atoms with Gasteiger partial charge in [-0.05, 0) is 67.2 Å². The first-order valence-corrected chi connectivity index (χ1v) is 21.9. The Balaban J connectivity index is 0.000000302. The second kappa shape index (κ2) is 22.1. The molecule has 26 nitrogen and oxygen atoms in total. The number of hydrogen-bond donors (Lipinski definition) is 6. The van der Waals surface area contributed by atoms with Gasteiger partial charge in [0.15, 0.2) is 29.6 Å². The third-order valence-electron chi connectivity index (χ3n) is 10.2. The summed E-state index contributed by atoms with van der Waals surface area (Å²) in [5, 5.41) is 25.6. The molecule has 3 aliphatic rings. The Labute approximate surface area is 396 Å². The molecule has 69 heavy (non-hydrogen) atoms. The van der Waals surface area contributed by atoms with E-state index in [9.17, 15) is 48.6 Å². The molecule has 0 saturated carbocycles.